The van der Waals surface area contributed by atoms with Gasteiger partial charge < -0.3 is 34.1 Å². The number of alkyl halides is 3. The monoisotopic (exact) mass is 693 g/mol. The number of fused-ring (bicyclic) bond motifs is 1. The van der Waals surface area contributed by atoms with Crippen LogP contribution in [0.3, 0.4) is 0 Å². The van der Waals surface area contributed by atoms with Gasteiger partial charge in [-0.1, -0.05) is 49.9 Å². The van der Waals surface area contributed by atoms with E-state index in [2.05, 4.69) is 4.90 Å². The Balaban J connectivity index is 0.000000853. The van der Waals surface area contributed by atoms with Crippen molar-refractivity contribution in [3.63, 3.8) is 0 Å². The van der Waals surface area contributed by atoms with Gasteiger partial charge in [0.25, 0.3) is 0 Å². The van der Waals surface area contributed by atoms with Gasteiger partial charge in [-0.15, -0.1) is 0 Å². The highest BCUT2D eigenvalue weighted by Crippen LogP contribution is 2.61. The second-order valence-corrected chi connectivity index (χ2v) is 12.1. The standard InChI is InChI=1S/C32H37NO9.C2HF3O.CH4/c1-18-11-12-23(17-34)26-25(18)31-15-16-33(5)20(3)32(31,38)14-13-24(28(31)42-26)41-29(36)19(2)39-30(37)27(40-21(4)35)22-9-7-6-8-10-22;3-2(4,5)1-6;/h6-13,19-20,27-28,34,38H,14-17H2,1-5H3;1H;1H4/t19-,20+,27-,28-,31-,32+;;/m0../s1. The van der Waals surface area contributed by atoms with Crippen molar-refractivity contribution in [3.05, 3.63) is 76.6 Å². The number of aliphatic hydroxyl groups excluding tert-OH is 1. The summed E-state index contributed by atoms with van der Waals surface area (Å²) in [5, 5.41) is 22.5. The van der Waals surface area contributed by atoms with Crippen LogP contribution >= 0.6 is 0 Å². The molecule has 3 aliphatic rings. The van der Waals surface area contributed by atoms with Gasteiger partial charge in [0.05, 0.1) is 17.6 Å². The zero-order chi connectivity index (χ0) is 35.6. The molecule has 6 atom stereocenters. The molecule has 0 aromatic heterocycles. The molecule has 268 valence electrons. The number of piperidine rings is 1. The molecule has 11 nitrogen and oxygen atoms in total. The molecule has 0 saturated carbocycles. The number of likely N-dealkylation sites (N-methyl/N-ethyl adjacent to an activating group) is 1. The van der Waals surface area contributed by atoms with Crippen molar-refractivity contribution < 1.29 is 61.5 Å². The van der Waals surface area contributed by atoms with Crippen LogP contribution in [-0.4, -0.2) is 82.9 Å². The zero-order valence-corrected chi connectivity index (χ0v) is 27.1. The Hall–Kier alpha value is -4.27. The van der Waals surface area contributed by atoms with E-state index in [1.54, 1.807) is 42.5 Å². The first kappa shape index (κ1) is 39.2. The van der Waals surface area contributed by atoms with Gasteiger partial charge >= 0.3 is 24.1 Å². The number of halogens is 3. The summed E-state index contributed by atoms with van der Waals surface area (Å²) in [7, 11) is 1.96. The Labute approximate surface area is 282 Å². The van der Waals surface area contributed by atoms with E-state index in [1.165, 1.54) is 13.8 Å². The quantitative estimate of drug-likeness (QED) is 0.242. The molecule has 1 saturated heterocycles. The van der Waals surface area contributed by atoms with Crippen LogP contribution in [-0.2, 0) is 45.4 Å². The summed E-state index contributed by atoms with van der Waals surface area (Å²) in [4.78, 5) is 48.8. The SMILES string of the molecule is C.CC(=O)O[C@H](C(=O)O[C@@H](C)C(=O)OC1=CC[C@@]2(O)[C@@H](C)N(C)CC[C@@]23c2c(C)ccc(CO)c2O[C@@H]13)c1ccccc1.O=CC(F)(F)F. The maximum Gasteiger partial charge on any atom is 0.446 e. The maximum atomic E-state index is 13.3. The van der Waals surface area contributed by atoms with Gasteiger partial charge in [-0.3, -0.25) is 9.59 Å². The molecule has 0 amide bonds. The molecule has 2 N–H and O–H groups in total. The smallest absolute Gasteiger partial charge is 0.446 e. The van der Waals surface area contributed by atoms with Crippen LogP contribution in [0.1, 0.15) is 69.4 Å². The number of carbonyl (C=O) groups excluding carboxylic acids is 4. The second kappa shape index (κ2) is 15.1. The fraction of sp³-hybridized carbons (Fsp3) is 0.486. The van der Waals surface area contributed by atoms with Crippen molar-refractivity contribution in [1.82, 2.24) is 4.90 Å². The van der Waals surface area contributed by atoms with Crippen LogP contribution in [0.15, 0.2) is 54.3 Å². The molecule has 0 radical (unpaired) electrons. The topological polar surface area (TPSA) is 149 Å². The third kappa shape index (κ3) is 7.51. The fourth-order valence-electron chi connectivity index (χ4n) is 6.73. The van der Waals surface area contributed by atoms with Crippen molar-refractivity contribution in [1.29, 1.82) is 0 Å². The molecule has 14 heteroatoms. The molecule has 0 bridgehead atoms. The minimum atomic E-state index is -4.64. The van der Waals surface area contributed by atoms with Crippen LogP contribution in [0.25, 0.3) is 0 Å². The van der Waals surface area contributed by atoms with Crippen molar-refractivity contribution >= 4 is 24.2 Å². The van der Waals surface area contributed by atoms with Crippen molar-refractivity contribution in [3.8, 4) is 5.75 Å². The highest BCUT2D eigenvalue weighted by Gasteiger charge is 2.69. The second-order valence-electron chi connectivity index (χ2n) is 12.1. The van der Waals surface area contributed by atoms with Crippen molar-refractivity contribution in [2.45, 2.75) is 96.1 Å². The molecular weight excluding hydrogens is 651 g/mol. The lowest BCUT2D eigenvalue weighted by Gasteiger charge is -2.58. The number of aliphatic hydroxyl groups is 2. The van der Waals surface area contributed by atoms with E-state index in [0.717, 1.165) is 11.1 Å². The number of aldehydes is 1. The number of aryl methyl sites for hydroxylation is 1. The highest BCUT2D eigenvalue weighted by atomic mass is 19.4. The number of rotatable bonds is 7. The summed E-state index contributed by atoms with van der Waals surface area (Å²) in [5.41, 5.74) is 0.510. The molecule has 2 aromatic rings. The Kier molecular flexibility index (Phi) is 12.1. The number of esters is 3. The van der Waals surface area contributed by atoms with E-state index in [4.69, 9.17) is 23.7 Å². The number of ether oxygens (including phenoxy) is 4. The molecule has 2 aliphatic heterocycles. The highest BCUT2D eigenvalue weighted by molar-refractivity contribution is 5.84. The summed E-state index contributed by atoms with van der Waals surface area (Å²) in [6.07, 6.45) is -6.85. The summed E-state index contributed by atoms with van der Waals surface area (Å²) in [6.45, 7) is 6.89. The molecule has 2 aromatic carbocycles. The lowest BCUT2D eigenvalue weighted by atomic mass is 9.54. The van der Waals surface area contributed by atoms with Gasteiger partial charge in [-0.25, -0.2) is 9.59 Å². The molecule has 5 rings (SSSR count). The summed E-state index contributed by atoms with van der Waals surface area (Å²) < 4.78 is 54.2. The third-order valence-electron chi connectivity index (χ3n) is 9.18. The van der Waals surface area contributed by atoms with Crippen molar-refractivity contribution in [2.75, 3.05) is 13.6 Å². The average molecular weight is 694 g/mol. The molecule has 1 aliphatic carbocycles. The van der Waals surface area contributed by atoms with Gasteiger partial charge in [-0.2, -0.15) is 13.2 Å². The molecule has 1 fully saturated rings. The van der Waals surface area contributed by atoms with E-state index in [-0.39, 0.29) is 32.3 Å². The van der Waals surface area contributed by atoms with Gasteiger partial charge in [0.1, 0.15) is 11.5 Å². The average Bonchev–Trinajstić information content (AvgIpc) is 3.41. The van der Waals surface area contributed by atoms with Crippen LogP contribution in [0.5, 0.6) is 5.75 Å². The Morgan fingerprint density at radius 1 is 1.12 bits per heavy atom. The minimum absolute atomic E-state index is 0. The first-order valence-electron chi connectivity index (χ1n) is 15.2. The van der Waals surface area contributed by atoms with E-state index in [1.807, 2.05) is 27.0 Å². The number of likely N-dealkylation sites (tertiary alicyclic amines) is 1. The van der Waals surface area contributed by atoms with E-state index < -0.39 is 59.7 Å². The van der Waals surface area contributed by atoms with Crippen LogP contribution in [0.4, 0.5) is 13.2 Å². The molecule has 2 heterocycles. The summed E-state index contributed by atoms with van der Waals surface area (Å²) in [5.74, 6) is -1.73. The maximum absolute atomic E-state index is 13.3. The number of hydrogen-bond donors (Lipinski definition) is 2. The Bertz CT molecular complexity index is 1580. The van der Waals surface area contributed by atoms with Gasteiger partial charge in [0.15, 0.2) is 12.2 Å². The lowest BCUT2D eigenvalue weighted by molar-refractivity contribution is -0.179. The van der Waals surface area contributed by atoms with E-state index in [9.17, 15) is 37.8 Å². The third-order valence-corrected chi connectivity index (χ3v) is 9.18. The Morgan fingerprint density at radius 2 is 1.76 bits per heavy atom. The van der Waals surface area contributed by atoms with E-state index >= 15 is 0 Å². The normalized spacial score (nSPS) is 25.1. The first-order valence-corrected chi connectivity index (χ1v) is 15.2. The summed E-state index contributed by atoms with van der Waals surface area (Å²) >= 11 is 0. The largest absolute Gasteiger partial charge is 0.481 e. The zero-order valence-electron chi connectivity index (χ0n) is 27.1. The van der Waals surface area contributed by atoms with Gasteiger partial charge in [-0.05, 0) is 52.4 Å². The number of benzene rings is 2. The fourth-order valence-corrected chi connectivity index (χ4v) is 6.73. The lowest BCUT2D eigenvalue weighted by Crippen LogP contribution is -2.71. The molecule has 0 unspecified atom stereocenters. The predicted octanol–water partition coefficient (Wildman–Crippen LogP) is 4.39. The number of carbonyl (C=O) groups is 4. The summed E-state index contributed by atoms with van der Waals surface area (Å²) in [6, 6.07) is 11.8. The van der Waals surface area contributed by atoms with Gasteiger partial charge in [0, 0.05) is 36.1 Å². The van der Waals surface area contributed by atoms with E-state index in [0.29, 0.717) is 29.8 Å². The van der Waals surface area contributed by atoms with Crippen molar-refractivity contribution in [2.24, 2.45) is 0 Å². The minimum Gasteiger partial charge on any atom is -0.481 e. The van der Waals surface area contributed by atoms with Gasteiger partial charge in [0.2, 0.25) is 12.4 Å². The number of hydrogen-bond acceptors (Lipinski definition) is 11. The molecule has 49 heavy (non-hydrogen) atoms. The van der Waals surface area contributed by atoms with Crippen LogP contribution < -0.4 is 4.74 Å². The molecule has 1 spiro atoms. The predicted molar refractivity (Wildman–Crippen MR) is 169 cm³/mol. The molecular formula is C35H42F3NO10. The first-order chi connectivity index (χ1) is 22.5. The number of nitrogens with zero attached hydrogens (tertiary/aromatic N) is 1. The Morgan fingerprint density at radius 3 is 2.33 bits per heavy atom. The van der Waals surface area contributed by atoms with Crippen LogP contribution in [0.2, 0.25) is 0 Å². The van der Waals surface area contributed by atoms with Crippen LogP contribution in [0, 0.1) is 6.92 Å².